The summed E-state index contributed by atoms with van der Waals surface area (Å²) in [5, 5.41) is 15.8. The van der Waals surface area contributed by atoms with Crippen molar-refractivity contribution < 1.29 is 88.8 Å². The second-order valence-electron chi connectivity index (χ2n) is 11.4. The number of fused-ring (bicyclic) bond motifs is 2. The molecule has 0 fully saturated rings. The fourth-order valence-corrected chi connectivity index (χ4v) is 6.23. The van der Waals surface area contributed by atoms with Crippen LogP contribution in [0, 0.1) is 89.3 Å². The van der Waals surface area contributed by atoms with Crippen molar-refractivity contribution in [3.8, 4) is 29.4 Å². The minimum atomic E-state index is -6.13. The lowest BCUT2D eigenvalue weighted by Crippen LogP contribution is -2.32. The molecule has 3 aromatic carbocycles. The largest absolute Gasteiger partial charge is 0.573 e. The molecule has 0 radical (unpaired) electrons. The van der Waals surface area contributed by atoms with Crippen LogP contribution in [0.15, 0.2) is 22.5 Å². The second kappa shape index (κ2) is 14.2. The maximum atomic E-state index is 15.8. The molecule has 3 aromatic rings. The zero-order valence-electron chi connectivity index (χ0n) is 27.4. The monoisotopic (exact) mass is 842 g/mol. The van der Waals surface area contributed by atoms with Gasteiger partial charge in [0, 0.05) is 51.1 Å². The zero-order valence-corrected chi connectivity index (χ0v) is 27.4. The van der Waals surface area contributed by atoms with Crippen LogP contribution in [0.25, 0.3) is 20.8 Å². The smallest absolute Gasteiger partial charge is 0.405 e. The summed E-state index contributed by atoms with van der Waals surface area (Å²) in [5.41, 5.74) is -16.8. The van der Waals surface area contributed by atoms with Crippen LogP contribution in [0.4, 0.5) is 74.6 Å². The van der Waals surface area contributed by atoms with Gasteiger partial charge in [0.1, 0.15) is 42.4 Å². The van der Waals surface area contributed by atoms with E-state index in [4.69, 9.17) is 13.1 Å². The van der Waals surface area contributed by atoms with E-state index in [1.807, 2.05) is 0 Å². The molecular formula is C34H7F17N4O3. The van der Waals surface area contributed by atoms with Crippen LogP contribution < -0.4 is 24.6 Å². The number of rotatable bonds is 5. The summed E-state index contributed by atoms with van der Waals surface area (Å²) in [6.45, 7) is 15.1. The number of hydrogen-bond donors (Lipinski definition) is 0. The highest BCUT2D eigenvalue weighted by molar-refractivity contribution is 5.92. The minimum Gasteiger partial charge on any atom is -0.405 e. The summed E-state index contributed by atoms with van der Waals surface area (Å²) >= 11 is 0. The molecule has 7 nitrogen and oxygen atoms in total. The Morgan fingerprint density at radius 3 is 1.21 bits per heavy atom. The molecule has 0 unspecified atom stereocenters. The molecule has 2 aliphatic carbocycles. The van der Waals surface area contributed by atoms with Gasteiger partial charge in [0.15, 0.2) is 34.9 Å². The number of hydrogen-bond acceptors (Lipinski definition) is 5. The highest BCUT2D eigenvalue weighted by Gasteiger charge is 2.46. The molecule has 24 heteroatoms. The highest BCUT2D eigenvalue weighted by atomic mass is 19.4. The normalized spacial score (nSPS) is 13.7. The van der Waals surface area contributed by atoms with E-state index in [1.165, 1.54) is 0 Å². The molecule has 0 saturated heterocycles. The number of nitrogens with zero attached hydrogens (tertiary/aromatic N) is 4. The van der Waals surface area contributed by atoms with Gasteiger partial charge in [-0.2, -0.15) is 29.0 Å². The van der Waals surface area contributed by atoms with Gasteiger partial charge in [0.25, 0.3) is 0 Å². The highest BCUT2D eigenvalue weighted by Crippen LogP contribution is 2.47. The van der Waals surface area contributed by atoms with Crippen LogP contribution in [-0.4, -0.2) is 19.1 Å². The van der Waals surface area contributed by atoms with Crippen molar-refractivity contribution in [3.05, 3.63) is 130 Å². The molecule has 58 heavy (non-hydrogen) atoms. The maximum Gasteiger partial charge on any atom is 0.573 e. The summed E-state index contributed by atoms with van der Waals surface area (Å²) in [7, 11) is 0. The van der Waals surface area contributed by atoms with Crippen LogP contribution in [0.2, 0.25) is 0 Å². The van der Waals surface area contributed by atoms with E-state index >= 15 is 26.3 Å². The van der Waals surface area contributed by atoms with E-state index in [-0.39, 0.29) is 0 Å². The Morgan fingerprint density at radius 1 is 0.534 bits per heavy atom. The van der Waals surface area contributed by atoms with Gasteiger partial charge in [-0.05, 0) is 12.5 Å². The first-order valence-electron chi connectivity index (χ1n) is 14.7. The van der Waals surface area contributed by atoms with Crippen LogP contribution in [0.3, 0.4) is 0 Å². The van der Waals surface area contributed by atoms with Crippen molar-refractivity contribution in [2.75, 3.05) is 0 Å². The Hall–Kier alpha value is -6.95. The molecule has 5 rings (SSSR count). The van der Waals surface area contributed by atoms with Crippen LogP contribution in [-0.2, 0) is 12.8 Å². The average molecular weight is 842 g/mol. The van der Waals surface area contributed by atoms with Crippen LogP contribution >= 0.6 is 0 Å². The van der Waals surface area contributed by atoms with Crippen molar-refractivity contribution in [2.45, 2.75) is 38.9 Å². The fraction of sp³-hybridized carbons (Fsp3) is 0.176. The summed E-state index contributed by atoms with van der Waals surface area (Å²) in [4.78, 5) is 5.38. The molecule has 0 heterocycles. The van der Waals surface area contributed by atoms with Gasteiger partial charge in [-0.15, -0.1) is 39.5 Å². The van der Waals surface area contributed by atoms with Crippen molar-refractivity contribution in [2.24, 2.45) is 0 Å². The number of halogens is 17. The molecule has 0 spiro atoms. The molecule has 0 aromatic heterocycles. The lowest BCUT2D eigenvalue weighted by Gasteiger charge is -2.19. The number of allylic oxidation sites excluding steroid dienone is 3. The maximum absolute atomic E-state index is 15.8. The van der Waals surface area contributed by atoms with E-state index in [0.717, 1.165) is 12.1 Å². The Kier molecular flexibility index (Phi) is 10.3. The van der Waals surface area contributed by atoms with E-state index < -0.39 is 168 Å². The van der Waals surface area contributed by atoms with E-state index in [2.05, 4.69) is 23.9 Å². The van der Waals surface area contributed by atoms with Crippen molar-refractivity contribution >= 4 is 11.1 Å². The Labute approximate surface area is 309 Å². The zero-order chi connectivity index (χ0) is 43.7. The van der Waals surface area contributed by atoms with Gasteiger partial charge < -0.3 is 14.2 Å². The van der Waals surface area contributed by atoms with Gasteiger partial charge in [0.2, 0.25) is 17.4 Å². The molecule has 0 N–H and O–H groups in total. The lowest BCUT2D eigenvalue weighted by atomic mass is 9.93. The molecule has 0 amide bonds. The van der Waals surface area contributed by atoms with Crippen LogP contribution in [0.1, 0.15) is 27.8 Å². The second-order valence-corrected chi connectivity index (χ2v) is 11.4. The molecule has 0 atom stereocenters. The van der Waals surface area contributed by atoms with Crippen LogP contribution in [0.5, 0.6) is 17.2 Å². The Morgan fingerprint density at radius 2 is 0.862 bits per heavy atom. The minimum absolute atomic E-state index is 0.466. The Bertz CT molecular complexity index is 2660. The molecule has 0 aliphatic heterocycles. The first-order chi connectivity index (χ1) is 26.7. The molecular weight excluding hydrogens is 835 g/mol. The first kappa shape index (κ1) is 42.2. The van der Waals surface area contributed by atoms with Gasteiger partial charge in [-0.3, -0.25) is 0 Å². The third-order valence-corrected chi connectivity index (χ3v) is 8.28. The summed E-state index contributed by atoms with van der Waals surface area (Å²) < 4.78 is 258. The van der Waals surface area contributed by atoms with Crippen molar-refractivity contribution in [1.29, 1.82) is 10.5 Å². The Balaban J connectivity index is 2.27. The predicted molar refractivity (Wildman–Crippen MR) is 154 cm³/mol. The number of alkyl halides is 9. The van der Waals surface area contributed by atoms with Gasteiger partial charge >= 0.3 is 24.9 Å². The molecule has 2 aliphatic rings. The summed E-state index contributed by atoms with van der Waals surface area (Å²) in [6.07, 6.45) is -21.7. The topological polar surface area (TPSA) is 84.0 Å². The van der Waals surface area contributed by atoms with Gasteiger partial charge in [-0.25, -0.2) is 26.3 Å². The lowest BCUT2D eigenvalue weighted by molar-refractivity contribution is -0.277. The van der Waals surface area contributed by atoms with E-state index in [1.54, 1.807) is 0 Å². The number of benzene rings is 3. The van der Waals surface area contributed by atoms with E-state index in [0.29, 0.717) is 6.92 Å². The van der Waals surface area contributed by atoms with Gasteiger partial charge in [-0.1, -0.05) is 0 Å². The van der Waals surface area contributed by atoms with Crippen molar-refractivity contribution in [3.63, 3.8) is 0 Å². The quantitative estimate of drug-likeness (QED) is 0.111. The average Bonchev–Trinajstić information content (AvgIpc) is 3.69. The third kappa shape index (κ3) is 6.91. The van der Waals surface area contributed by atoms with Gasteiger partial charge in [0.05, 0.1) is 16.7 Å². The number of nitriles is 2. The first-order valence-corrected chi connectivity index (χ1v) is 14.7. The molecule has 0 saturated carbocycles. The van der Waals surface area contributed by atoms with Crippen molar-refractivity contribution in [1.82, 2.24) is 0 Å². The summed E-state index contributed by atoms with van der Waals surface area (Å²) in [6, 6.07) is 2.08. The predicted octanol–water partition coefficient (Wildman–Crippen LogP) is 8.71. The number of ether oxygens (including phenoxy) is 3. The fourth-order valence-electron chi connectivity index (χ4n) is 6.23. The standard InChI is InChI=1S/C34H7F17N4O3/c1-8-20(35)22(37)19(23(38)21(8)36)15-13(31(54-2)55-3)5-12-17(15)28(56-32(43,44)45)11-4-10(9(6-52)7-53)14(16(11)29(12)57-33(46,47)48)18-24(39)26(41)30(27(42)25(18)40)58-34(49,50)51/h4-5H2,1H3. The summed E-state index contributed by atoms with van der Waals surface area (Å²) in [5.74, 6) is -30.0. The SMILES string of the molecule is [C-]#[N+]C([N+]#[C-])=C1Cc2c(OC(F)(F)F)c3c(c(OC(F)(F)F)c2=C1c1c(F)c(F)c(C)c(F)c1F)CC(=C(C#N)C#N)C=3c1c(F)c(F)c(OC(F)(F)F)c(F)c1F. The molecule has 300 valence electrons. The van der Waals surface area contributed by atoms with E-state index in [9.17, 15) is 58.8 Å². The third-order valence-electron chi connectivity index (χ3n) is 8.28. The molecule has 0 bridgehead atoms.